The average Bonchev–Trinajstić information content (AvgIpc) is 2.95. The van der Waals surface area contributed by atoms with Gasteiger partial charge in [-0.1, -0.05) is 11.6 Å². The maximum Gasteiger partial charge on any atom is 0.276 e. The molecule has 0 spiro atoms. The number of hydrogen-bond donors (Lipinski definition) is 1. The fraction of sp³-hybridized carbons (Fsp3) is 0.312. The van der Waals surface area contributed by atoms with Crippen LogP contribution in [0.1, 0.15) is 35.1 Å². The molecule has 1 amide bonds. The summed E-state index contributed by atoms with van der Waals surface area (Å²) in [6.45, 7) is 1.01. The number of nitrogens with one attached hydrogen (secondary N) is 1. The quantitative estimate of drug-likeness (QED) is 0.945. The summed E-state index contributed by atoms with van der Waals surface area (Å²) in [4.78, 5) is 23.4. The molecule has 6 heteroatoms. The molecule has 0 aliphatic carbocycles. The van der Waals surface area contributed by atoms with Gasteiger partial charge >= 0.3 is 0 Å². The molecule has 0 unspecified atom stereocenters. The van der Waals surface area contributed by atoms with Crippen LogP contribution in [0.15, 0.2) is 36.7 Å². The van der Waals surface area contributed by atoms with Gasteiger partial charge in [-0.15, -0.1) is 0 Å². The summed E-state index contributed by atoms with van der Waals surface area (Å²) in [6, 6.07) is 7.15. The van der Waals surface area contributed by atoms with Crippen LogP contribution in [0.2, 0.25) is 5.02 Å². The zero-order chi connectivity index (χ0) is 15.5. The number of amides is 1. The summed E-state index contributed by atoms with van der Waals surface area (Å²) in [5.74, 6) is -0.245. The summed E-state index contributed by atoms with van der Waals surface area (Å²) >= 11 is 5.85. The monoisotopic (exact) mass is 316 g/mol. The highest BCUT2D eigenvalue weighted by Gasteiger charge is 2.28. The van der Waals surface area contributed by atoms with Crippen LogP contribution in [0.5, 0.6) is 0 Å². The van der Waals surface area contributed by atoms with Gasteiger partial charge in [0.2, 0.25) is 0 Å². The van der Waals surface area contributed by atoms with Crippen molar-refractivity contribution in [2.75, 3.05) is 18.9 Å². The van der Waals surface area contributed by atoms with Crippen LogP contribution < -0.4 is 5.32 Å². The molecule has 1 aliphatic heterocycles. The Labute approximate surface area is 134 Å². The van der Waals surface area contributed by atoms with Crippen molar-refractivity contribution in [3.05, 3.63) is 53.1 Å². The minimum absolute atomic E-state index is 0.152. The molecule has 2 aromatic rings. The largest absolute Gasteiger partial charge is 0.321 e. The second kappa shape index (κ2) is 6.42. The lowest BCUT2D eigenvalue weighted by Crippen LogP contribution is -2.24. The van der Waals surface area contributed by atoms with Gasteiger partial charge in [0.25, 0.3) is 5.91 Å². The van der Waals surface area contributed by atoms with Crippen LogP contribution >= 0.6 is 11.6 Å². The van der Waals surface area contributed by atoms with Gasteiger partial charge in [0.1, 0.15) is 0 Å². The maximum atomic E-state index is 12.5. The van der Waals surface area contributed by atoms with Crippen molar-refractivity contribution in [3.8, 4) is 0 Å². The number of benzene rings is 1. The first-order chi connectivity index (χ1) is 10.6. The lowest BCUT2D eigenvalue weighted by molar-refractivity contribution is 0.101. The van der Waals surface area contributed by atoms with Crippen molar-refractivity contribution in [1.82, 2.24) is 14.9 Å². The minimum Gasteiger partial charge on any atom is -0.321 e. The van der Waals surface area contributed by atoms with Crippen LogP contribution in [0.4, 0.5) is 5.69 Å². The fourth-order valence-corrected chi connectivity index (χ4v) is 2.87. The minimum atomic E-state index is -0.245. The van der Waals surface area contributed by atoms with Crippen LogP contribution in [0.25, 0.3) is 0 Å². The number of anilines is 1. The molecule has 1 aromatic carbocycles. The first-order valence-corrected chi connectivity index (χ1v) is 7.61. The maximum absolute atomic E-state index is 12.5. The Hall–Kier alpha value is -1.98. The third kappa shape index (κ3) is 3.10. The van der Waals surface area contributed by atoms with Gasteiger partial charge in [-0.05, 0) is 50.7 Å². The highest BCUT2D eigenvalue weighted by atomic mass is 35.5. The number of halogens is 1. The highest BCUT2D eigenvalue weighted by molar-refractivity contribution is 6.30. The number of carbonyl (C=O) groups excluding carboxylic acids is 1. The van der Waals surface area contributed by atoms with E-state index in [2.05, 4.69) is 20.2 Å². The summed E-state index contributed by atoms with van der Waals surface area (Å²) in [6.07, 6.45) is 5.29. The van der Waals surface area contributed by atoms with Crippen molar-refractivity contribution < 1.29 is 4.79 Å². The molecule has 114 valence electrons. The molecule has 1 atom stereocenters. The van der Waals surface area contributed by atoms with Crippen molar-refractivity contribution in [2.45, 2.75) is 18.9 Å². The lowest BCUT2D eigenvalue weighted by atomic mass is 10.1. The van der Waals surface area contributed by atoms with Crippen LogP contribution in [-0.2, 0) is 0 Å². The van der Waals surface area contributed by atoms with Crippen molar-refractivity contribution in [1.29, 1.82) is 0 Å². The third-order valence-electron chi connectivity index (χ3n) is 3.88. The van der Waals surface area contributed by atoms with E-state index in [4.69, 9.17) is 11.6 Å². The molecule has 1 saturated heterocycles. The Morgan fingerprint density at radius 2 is 2.00 bits per heavy atom. The van der Waals surface area contributed by atoms with E-state index in [9.17, 15) is 4.79 Å². The second-order valence-corrected chi connectivity index (χ2v) is 5.83. The SMILES string of the molecule is CN1CCC[C@H]1c1nccnc1C(=O)Nc1ccc(Cl)cc1. The normalized spacial score (nSPS) is 18.4. The molecule has 0 saturated carbocycles. The Bertz CT molecular complexity index is 674. The third-order valence-corrected chi connectivity index (χ3v) is 4.13. The Kier molecular flexibility index (Phi) is 4.36. The summed E-state index contributed by atoms with van der Waals surface area (Å²) in [5.41, 5.74) is 1.82. The molecular formula is C16H17ClN4O. The zero-order valence-electron chi connectivity index (χ0n) is 12.3. The molecular weight excluding hydrogens is 300 g/mol. The lowest BCUT2D eigenvalue weighted by Gasteiger charge is -2.20. The van der Waals surface area contributed by atoms with Gasteiger partial charge in [-0.3, -0.25) is 14.7 Å². The number of rotatable bonds is 3. The second-order valence-electron chi connectivity index (χ2n) is 5.39. The van der Waals surface area contributed by atoms with Crippen LogP contribution in [0, 0.1) is 0 Å². The van der Waals surface area contributed by atoms with Gasteiger partial charge in [-0.2, -0.15) is 0 Å². The van der Waals surface area contributed by atoms with Gasteiger partial charge in [0, 0.05) is 23.1 Å². The molecule has 1 fully saturated rings. The van der Waals surface area contributed by atoms with Crippen molar-refractivity contribution >= 4 is 23.2 Å². The topological polar surface area (TPSA) is 58.1 Å². The predicted molar refractivity (Wildman–Crippen MR) is 86.0 cm³/mol. The number of carbonyl (C=O) groups is 1. The van der Waals surface area contributed by atoms with Crippen molar-refractivity contribution in [3.63, 3.8) is 0 Å². The number of hydrogen-bond acceptors (Lipinski definition) is 4. The molecule has 0 bridgehead atoms. The molecule has 1 aliphatic rings. The summed E-state index contributed by atoms with van der Waals surface area (Å²) < 4.78 is 0. The summed E-state index contributed by atoms with van der Waals surface area (Å²) in [7, 11) is 2.05. The number of aromatic nitrogens is 2. The fourth-order valence-electron chi connectivity index (χ4n) is 2.75. The molecule has 1 N–H and O–H groups in total. The van der Waals surface area contributed by atoms with Gasteiger partial charge in [-0.25, -0.2) is 4.98 Å². The smallest absolute Gasteiger partial charge is 0.276 e. The highest BCUT2D eigenvalue weighted by Crippen LogP contribution is 2.30. The van der Waals surface area contributed by atoms with E-state index in [0.717, 1.165) is 25.1 Å². The molecule has 2 heterocycles. The van der Waals surface area contributed by atoms with E-state index in [-0.39, 0.29) is 11.9 Å². The van der Waals surface area contributed by atoms with E-state index in [1.165, 1.54) is 0 Å². The van der Waals surface area contributed by atoms with E-state index >= 15 is 0 Å². The van der Waals surface area contributed by atoms with Crippen LogP contribution in [-0.4, -0.2) is 34.4 Å². The van der Waals surface area contributed by atoms with Gasteiger partial charge in [0.05, 0.1) is 11.7 Å². The van der Waals surface area contributed by atoms with Gasteiger partial charge < -0.3 is 5.32 Å². The first kappa shape index (κ1) is 14.9. The van der Waals surface area contributed by atoms with Gasteiger partial charge in [0.15, 0.2) is 5.69 Å². The molecule has 5 nitrogen and oxygen atoms in total. The zero-order valence-corrected chi connectivity index (χ0v) is 13.0. The Balaban J connectivity index is 1.84. The first-order valence-electron chi connectivity index (χ1n) is 7.23. The van der Waals surface area contributed by atoms with E-state index in [0.29, 0.717) is 16.4 Å². The molecule has 22 heavy (non-hydrogen) atoms. The molecule has 0 radical (unpaired) electrons. The predicted octanol–water partition coefficient (Wildman–Crippen LogP) is 3.15. The van der Waals surface area contributed by atoms with Crippen LogP contribution in [0.3, 0.4) is 0 Å². The molecule has 1 aromatic heterocycles. The Morgan fingerprint density at radius 1 is 1.27 bits per heavy atom. The van der Waals surface area contributed by atoms with E-state index < -0.39 is 0 Å². The van der Waals surface area contributed by atoms with E-state index in [1.807, 2.05) is 7.05 Å². The molecule has 3 rings (SSSR count). The number of nitrogens with zero attached hydrogens (tertiary/aromatic N) is 3. The average molecular weight is 317 g/mol. The van der Waals surface area contributed by atoms with E-state index in [1.54, 1.807) is 36.7 Å². The standard InChI is InChI=1S/C16H17ClN4O/c1-21-10-2-3-13(21)14-15(19-9-8-18-14)16(22)20-12-6-4-11(17)5-7-12/h4-9,13H,2-3,10H2,1H3,(H,20,22)/t13-/m0/s1. The summed E-state index contributed by atoms with van der Waals surface area (Å²) in [5, 5.41) is 3.48. The number of likely N-dealkylation sites (tertiary alicyclic amines) is 1. The Morgan fingerprint density at radius 3 is 2.68 bits per heavy atom. The van der Waals surface area contributed by atoms with Crippen molar-refractivity contribution in [2.24, 2.45) is 0 Å².